The lowest BCUT2D eigenvalue weighted by molar-refractivity contribution is -0.139. The van der Waals surface area contributed by atoms with Crippen molar-refractivity contribution in [2.24, 2.45) is 0 Å². The van der Waals surface area contributed by atoms with Crippen molar-refractivity contribution in [2.75, 3.05) is 11.4 Å². The molecule has 1 N–H and O–H groups in total. The maximum atomic E-state index is 12.3. The molecule has 0 bridgehead atoms. The Bertz CT molecular complexity index is 539. The van der Waals surface area contributed by atoms with E-state index in [1.165, 1.54) is 0 Å². The Kier molecular flexibility index (Phi) is 3.01. The van der Waals surface area contributed by atoms with Crippen LogP contribution < -0.4 is 4.90 Å². The maximum absolute atomic E-state index is 12.3. The van der Waals surface area contributed by atoms with Gasteiger partial charge in [-0.1, -0.05) is 18.2 Å². The molecule has 1 aromatic rings. The lowest BCUT2D eigenvalue weighted by Crippen LogP contribution is -2.46. The quantitative estimate of drug-likeness (QED) is 0.833. The number of hydrogen-bond acceptors (Lipinski definition) is 3. The Labute approximate surface area is 110 Å². The zero-order valence-electron chi connectivity index (χ0n) is 10.7. The first-order chi connectivity index (χ1) is 8.85. The molecule has 1 aliphatic heterocycles. The normalized spacial score (nSPS) is 18.0. The number of anilines is 1. The molecule has 0 spiro atoms. The lowest BCUT2D eigenvalue weighted by atomic mass is 10.0. The second-order valence-corrected chi connectivity index (χ2v) is 4.80. The molecule has 1 aliphatic rings. The van der Waals surface area contributed by atoms with E-state index in [2.05, 4.69) is 0 Å². The van der Waals surface area contributed by atoms with Crippen LogP contribution in [0.25, 0.3) is 0 Å². The van der Waals surface area contributed by atoms with Gasteiger partial charge in [0.2, 0.25) is 0 Å². The number of nitrogens with zero attached hydrogens (tertiary/aromatic N) is 2. The van der Waals surface area contributed by atoms with Gasteiger partial charge in [0.05, 0.1) is 5.69 Å². The summed E-state index contributed by atoms with van der Waals surface area (Å²) in [4.78, 5) is 37.4. The molecule has 1 fully saturated rings. The molecule has 0 unspecified atom stereocenters. The number of carbonyl (C=O) groups excluding carboxylic acids is 2. The molecular formula is C13H14N2O4. The van der Waals surface area contributed by atoms with Gasteiger partial charge in [-0.05, 0) is 26.0 Å². The predicted molar refractivity (Wildman–Crippen MR) is 67.7 cm³/mol. The summed E-state index contributed by atoms with van der Waals surface area (Å²) in [7, 11) is 0. The van der Waals surface area contributed by atoms with E-state index < -0.39 is 30.0 Å². The van der Waals surface area contributed by atoms with E-state index in [0.717, 1.165) is 9.80 Å². The number of imide groups is 1. The van der Waals surface area contributed by atoms with Crippen LogP contribution in [0.15, 0.2) is 30.3 Å². The fourth-order valence-corrected chi connectivity index (χ4v) is 2.04. The van der Waals surface area contributed by atoms with Crippen LogP contribution in [-0.4, -0.2) is 40.0 Å². The van der Waals surface area contributed by atoms with Gasteiger partial charge in [-0.25, -0.2) is 9.69 Å². The van der Waals surface area contributed by atoms with Crippen molar-refractivity contribution in [3.63, 3.8) is 0 Å². The molecule has 100 valence electrons. The van der Waals surface area contributed by atoms with Gasteiger partial charge in [-0.15, -0.1) is 0 Å². The van der Waals surface area contributed by atoms with Gasteiger partial charge in [-0.3, -0.25) is 14.5 Å². The highest BCUT2D eigenvalue weighted by atomic mass is 16.4. The minimum atomic E-state index is -1.16. The van der Waals surface area contributed by atoms with Crippen LogP contribution in [0.2, 0.25) is 0 Å². The minimum absolute atomic E-state index is 0.426. The summed E-state index contributed by atoms with van der Waals surface area (Å²) in [5.74, 6) is -1.57. The van der Waals surface area contributed by atoms with E-state index in [1.807, 2.05) is 0 Å². The zero-order chi connectivity index (χ0) is 14.2. The van der Waals surface area contributed by atoms with Crippen LogP contribution in [0.1, 0.15) is 13.8 Å². The van der Waals surface area contributed by atoms with Gasteiger partial charge in [0.25, 0.3) is 5.91 Å². The fraction of sp³-hybridized carbons (Fsp3) is 0.308. The Hall–Kier alpha value is -2.37. The van der Waals surface area contributed by atoms with Crippen molar-refractivity contribution in [3.8, 4) is 0 Å². The van der Waals surface area contributed by atoms with E-state index in [9.17, 15) is 14.4 Å². The average Bonchev–Trinajstić information content (AvgIpc) is 2.51. The molecular weight excluding hydrogens is 248 g/mol. The standard InChI is InChI=1S/C13H14N2O4/c1-13(2)11(18)15(9-6-4-3-5-7-9)12(19)14(13)8-10(16)17/h3-7H,8H2,1-2H3,(H,16,17). The molecule has 6 nitrogen and oxygen atoms in total. The van der Waals surface area contributed by atoms with E-state index in [4.69, 9.17) is 5.11 Å². The first-order valence-corrected chi connectivity index (χ1v) is 5.78. The monoisotopic (exact) mass is 262 g/mol. The van der Waals surface area contributed by atoms with Crippen molar-refractivity contribution < 1.29 is 19.5 Å². The number of aliphatic carboxylic acids is 1. The molecule has 19 heavy (non-hydrogen) atoms. The summed E-state index contributed by atoms with van der Waals surface area (Å²) in [6, 6.07) is 7.86. The highest BCUT2D eigenvalue weighted by Crippen LogP contribution is 2.31. The van der Waals surface area contributed by atoms with Crippen LogP contribution in [-0.2, 0) is 9.59 Å². The number of carbonyl (C=O) groups is 3. The third kappa shape index (κ3) is 2.05. The molecule has 2 rings (SSSR count). The van der Waals surface area contributed by atoms with Crippen molar-refractivity contribution in [1.29, 1.82) is 0 Å². The number of hydrogen-bond donors (Lipinski definition) is 1. The Balaban J connectivity index is 2.41. The van der Waals surface area contributed by atoms with Gasteiger partial charge in [0, 0.05) is 0 Å². The van der Waals surface area contributed by atoms with Gasteiger partial charge in [-0.2, -0.15) is 0 Å². The topological polar surface area (TPSA) is 77.9 Å². The smallest absolute Gasteiger partial charge is 0.332 e. The van der Waals surface area contributed by atoms with Crippen LogP contribution in [0.5, 0.6) is 0 Å². The number of carboxylic acid groups (broad SMARTS) is 1. The second kappa shape index (κ2) is 4.38. The number of benzene rings is 1. The number of amides is 3. The van der Waals surface area contributed by atoms with Gasteiger partial charge >= 0.3 is 12.0 Å². The average molecular weight is 262 g/mol. The summed E-state index contributed by atoms with van der Waals surface area (Å²) in [6.07, 6.45) is 0. The first-order valence-electron chi connectivity index (χ1n) is 5.78. The van der Waals surface area contributed by atoms with Crippen LogP contribution in [0.4, 0.5) is 10.5 Å². The maximum Gasteiger partial charge on any atom is 0.332 e. The number of para-hydroxylation sites is 1. The third-order valence-corrected chi connectivity index (χ3v) is 3.13. The summed E-state index contributed by atoms with van der Waals surface area (Å²) >= 11 is 0. The number of carboxylic acids is 1. The number of urea groups is 1. The number of rotatable bonds is 3. The van der Waals surface area contributed by atoms with Crippen molar-refractivity contribution >= 4 is 23.6 Å². The van der Waals surface area contributed by atoms with E-state index in [0.29, 0.717) is 5.69 Å². The molecule has 1 heterocycles. The Morgan fingerprint density at radius 3 is 2.32 bits per heavy atom. The molecule has 0 aromatic heterocycles. The van der Waals surface area contributed by atoms with Gasteiger partial charge in [0.1, 0.15) is 12.1 Å². The highest BCUT2D eigenvalue weighted by molar-refractivity contribution is 6.23. The first kappa shape index (κ1) is 13.1. The molecule has 1 saturated heterocycles. The van der Waals surface area contributed by atoms with E-state index in [1.54, 1.807) is 44.2 Å². The van der Waals surface area contributed by atoms with Crippen LogP contribution in [0, 0.1) is 0 Å². The van der Waals surface area contributed by atoms with Crippen LogP contribution >= 0.6 is 0 Å². The molecule has 0 aliphatic carbocycles. The molecule has 0 saturated carbocycles. The molecule has 3 amide bonds. The Morgan fingerprint density at radius 1 is 1.21 bits per heavy atom. The Morgan fingerprint density at radius 2 is 1.79 bits per heavy atom. The molecule has 0 radical (unpaired) electrons. The van der Waals surface area contributed by atoms with Crippen molar-refractivity contribution in [3.05, 3.63) is 30.3 Å². The van der Waals surface area contributed by atoms with Gasteiger partial charge in [0.15, 0.2) is 0 Å². The van der Waals surface area contributed by atoms with E-state index in [-0.39, 0.29) is 0 Å². The largest absolute Gasteiger partial charge is 0.480 e. The van der Waals surface area contributed by atoms with Gasteiger partial charge < -0.3 is 5.11 Å². The SMILES string of the molecule is CC1(C)C(=O)N(c2ccccc2)C(=O)N1CC(=O)O. The molecule has 1 aromatic carbocycles. The van der Waals surface area contributed by atoms with Crippen molar-refractivity contribution in [2.45, 2.75) is 19.4 Å². The third-order valence-electron chi connectivity index (χ3n) is 3.13. The summed E-state index contributed by atoms with van der Waals surface area (Å²) in [6.45, 7) is 2.58. The zero-order valence-corrected chi connectivity index (χ0v) is 10.7. The minimum Gasteiger partial charge on any atom is -0.480 e. The molecule has 6 heteroatoms. The van der Waals surface area contributed by atoms with Crippen molar-refractivity contribution in [1.82, 2.24) is 4.90 Å². The predicted octanol–water partition coefficient (Wildman–Crippen LogP) is 1.32. The summed E-state index contributed by atoms with van der Waals surface area (Å²) in [5.41, 5.74) is -0.718. The second-order valence-electron chi connectivity index (χ2n) is 4.80. The summed E-state index contributed by atoms with van der Waals surface area (Å²) in [5, 5.41) is 8.84. The van der Waals surface area contributed by atoms with Crippen LogP contribution in [0.3, 0.4) is 0 Å². The molecule has 0 atom stereocenters. The van der Waals surface area contributed by atoms with E-state index >= 15 is 0 Å². The highest BCUT2D eigenvalue weighted by Gasteiger charge is 2.52. The fourth-order valence-electron chi connectivity index (χ4n) is 2.04. The summed E-state index contributed by atoms with van der Waals surface area (Å²) < 4.78 is 0. The lowest BCUT2D eigenvalue weighted by Gasteiger charge is -2.25.